The molecular weight excluding hydrogens is 360 g/mol. The van der Waals surface area contributed by atoms with Gasteiger partial charge in [-0.1, -0.05) is 47.5 Å². The van der Waals surface area contributed by atoms with Crippen molar-refractivity contribution in [2.75, 3.05) is 10.6 Å². The molecule has 2 aliphatic rings. The van der Waals surface area contributed by atoms with Crippen LogP contribution in [0.1, 0.15) is 28.7 Å². The molecule has 4 atom stereocenters. The third-order valence-electron chi connectivity index (χ3n) is 6.34. The van der Waals surface area contributed by atoms with E-state index in [0.717, 1.165) is 40.0 Å². The molecule has 2 aliphatic carbocycles. The third kappa shape index (κ3) is 3.71. The van der Waals surface area contributed by atoms with E-state index in [9.17, 15) is 9.59 Å². The van der Waals surface area contributed by atoms with Crippen LogP contribution in [-0.2, 0) is 9.59 Å². The summed E-state index contributed by atoms with van der Waals surface area (Å²) >= 11 is 0. The molecule has 2 bridgehead atoms. The molecule has 2 amide bonds. The van der Waals surface area contributed by atoms with Gasteiger partial charge in [-0.25, -0.2) is 0 Å². The van der Waals surface area contributed by atoms with E-state index in [0.29, 0.717) is 0 Å². The summed E-state index contributed by atoms with van der Waals surface area (Å²) < 4.78 is 0. The van der Waals surface area contributed by atoms with Gasteiger partial charge in [0.25, 0.3) is 0 Å². The number of rotatable bonds is 4. The van der Waals surface area contributed by atoms with E-state index in [1.54, 1.807) is 0 Å². The first-order chi connectivity index (χ1) is 13.8. The van der Waals surface area contributed by atoms with Crippen LogP contribution in [0.4, 0.5) is 11.4 Å². The predicted octanol–water partition coefficient (Wildman–Crippen LogP) is 4.94. The van der Waals surface area contributed by atoms with Gasteiger partial charge in [-0.2, -0.15) is 0 Å². The highest BCUT2D eigenvalue weighted by Gasteiger charge is 2.51. The van der Waals surface area contributed by atoms with Gasteiger partial charge in [-0.05, 0) is 69.2 Å². The average Bonchev–Trinajstić information content (AvgIpc) is 3.27. The minimum Gasteiger partial charge on any atom is -0.326 e. The van der Waals surface area contributed by atoms with Crippen LogP contribution in [0, 0.1) is 51.4 Å². The van der Waals surface area contributed by atoms with E-state index < -0.39 is 0 Å². The lowest BCUT2D eigenvalue weighted by atomic mass is 9.81. The maximum Gasteiger partial charge on any atom is 0.228 e. The van der Waals surface area contributed by atoms with Crippen LogP contribution in [0.15, 0.2) is 48.6 Å². The highest BCUT2D eigenvalue weighted by molar-refractivity contribution is 6.01. The Kier molecular flexibility index (Phi) is 5.03. The number of carbonyl (C=O) groups is 2. The summed E-state index contributed by atoms with van der Waals surface area (Å²) in [6.07, 6.45) is 5.09. The molecule has 4 nitrogen and oxygen atoms in total. The molecule has 0 radical (unpaired) electrons. The highest BCUT2D eigenvalue weighted by Crippen LogP contribution is 2.49. The number of aryl methyl sites for hydroxylation is 4. The Morgan fingerprint density at radius 1 is 0.724 bits per heavy atom. The van der Waals surface area contributed by atoms with Crippen molar-refractivity contribution in [3.8, 4) is 0 Å². The predicted molar refractivity (Wildman–Crippen MR) is 117 cm³/mol. The number of hydrogen-bond donors (Lipinski definition) is 2. The molecule has 0 spiro atoms. The Balaban J connectivity index is 1.55. The van der Waals surface area contributed by atoms with Crippen molar-refractivity contribution in [3.63, 3.8) is 0 Å². The van der Waals surface area contributed by atoms with Crippen LogP contribution in [0.2, 0.25) is 0 Å². The summed E-state index contributed by atoms with van der Waals surface area (Å²) in [7, 11) is 0. The zero-order chi connectivity index (χ0) is 20.7. The first-order valence-corrected chi connectivity index (χ1v) is 10.3. The molecule has 2 N–H and O–H groups in total. The number of benzene rings is 2. The molecule has 150 valence electrons. The van der Waals surface area contributed by atoms with Gasteiger partial charge in [0.2, 0.25) is 11.8 Å². The monoisotopic (exact) mass is 388 g/mol. The number of carbonyl (C=O) groups excluding carboxylic acids is 2. The first-order valence-electron chi connectivity index (χ1n) is 10.3. The largest absolute Gasteiger partial charge is 0.326 e. The number of hydrogen-bond acceptors (Lipinski definition) is 2. The lowest BCUT2D eigenvalue weighted by Gasteiger charge is -2.27. The maximum atomic E-state index is 13.2. The highest BCUT2D eigenvalue weighted by atomic mass is 16.2. The van der Waals surface area contributed by atoms with Crippen molar-refractivity contribution >= 4 is 23.2 Å². The van der Waals surface area contributed by atoms with Gasteiger partial charge in [0.1, 0.15) is 0 Å². The number of amides is 2. The Hall–Kier alpha value is -2.88. The van der Waals surface area contributed by atoms with Gasteiger partial charge in [-0.3, -0.25) is 9.59 Å². The maximum absolute atomic E-state index is 13.2. The molecule has 0 heterocycles. The second-order valence-electron chi connectivity index (χ2n) is 8.62. The fourth-order valence-corrected chi connectivity index (χ4v) is 4.88. The van der Waals surface area contributed by atoms with Crippen molar-refractivity contribution in [3.05, 3.63) is 70.8 Å². The lowest BCUT2D eigenvalue weighted by molar-refractivity contribution is -0.129. The third-order valence-corrected chi connectivity index (χ3v) is 6.34. The Bertz CT molecular complexity index is 928. The van der Waals surface area contributed by atoms with Crippen LogP contribution in [0.25, 0.3) is 0 Å². The van der Waals surface area contributed by atoms with Crippen molar-refractivity contribution in [2.45, 2.75) is 34.1 Å². The molecule has 2 aromatic rings. The summed E-state index contributed by atoms with van der Waals surface area (Å²) in [6.45, 7) is 8.06. The molecule has 29 heavy (non-hydrogen) atoms. The lowest BCUT2D eigenvalue weighted by Crippen LogP contribution is -2.39. The number of allylic oxidation sites excluding steroid dienone is 2. The standard InChI is InChI=1S/C25H28N2O2/c1-14-5-9-20(16(3)11-14)26-24(28)22-18-7-8-19(13-18)23(22)25(29)27-21-10-6-15(2)12-17(21)4/h5-12,18-19,22-23H,13H2,1-4H3,(H,26,28)(H,27,29)/t18-,19+,22-,23+. The SMILES string of the molecule is Cc1ccc(NC(=O)[C@@H]2[C@H](C(=O)Nc3ccc(C)cc3C)[C@@H]3C=C[C@H]2C3)c(C)c1. The van der Waals surface area contributed by atoms with Gasteiger partial charge in [-0.15, -0.1) is 0 Å². The van der Waals surface area contributed by atoms with Crippen LogP contribution >= 0.6 is 0 Å². The second kappa shape index (κ2) is 7.51. The molecule has 4 rings (SSSR count). The summed E-state index contributed by atoms with van der Waals surface area (Å²) in [4.78, 5) is 26.4. The van der Waals surface area contributed by atoms with Crippen molar-refractivity contribution in [2.24, 2.45) is 23.7 Å². The van der Waals surface area contributed by atoms with E-state index in [1.807, 2.05) is 52.0 Å². The zero-order valence-corrected chi connectivity index (χ0v) is 17.5. The summed E-state index contributed by atoms with van der Waals surface area (Å²) in [5.41, 5.74) is 6.03. The molecule has 1 saturated carbocycles. The van der Waals surface area contributed by atoms with E-state index >= 15 is 0 Å². The molecule has 0 saturated heterocycles. The number of fused-ring (bicyclic) bond motifs is 2. The Labute approximate surface area is 172 Å². The topological polar surface area (TPSA) is 58.2 Å². The van der Waals surface area contributed by atoms with Crippen molar-refractivity contribution in [1.29, 1.82) is 0 Å². The van der Waals surface area contributed by atoms with Crippen LogP contribution in [0.5, 0.6) is 0 Å². The minimum absolute atomic E-state index is 0.0606. The zero-order valence-electron chi connectivity index (χ0n) is 17.5. The minimum atomic E-state index is -0.337. The molecular formula is C25H28N2O2. The summed E-state index contributed by atoms with van der Waals surface area (Å²) in [5.74, 6) is -0.543. The second-order valence-corrected chi connectivity index (χ2v) is 8.62. The van der Waals surface area contributed by atoms with Gasteiger partial charge in [0.05, 0.1) is 11.8 Å². The molecule has 1 fully saturated rings. The van der Waals surface area contributed by atoms with E-state index in [-0.39, 0.29) is 35.5 Å². The fraction of sp³-hybridized carbons (Fsp3) is 0.360. The fourth-order valence-electron chi connectivity index (χ4n) is 4.88. The Morgan fingerprint density at radius 2 is 1.14 bits per heavy atom. The Morgan fingerprint density at radius 3 is 1.52 bits per heavy atom. The molecule has 4 heteroatoms. The van der Waals surface area contributed by atoms with Gasteiger partial charge in [0, 0.05) is 11.4 Å². The van der Waals surface area contributed by atoms with Crippen molar-refractivity contribution < 1.29 is 9.59 Å². The van der Waals surface area contributed by atoms with Crippen LogP contribution < -0.4 is 10.6 Å². The molecule has 0 unspecified atom stereocenters. The molecule has 0 aliphatic heterocycles. The van der Waals surface area contributed by atoms with E-state index in [2.05, 4.69) is 34.9 Å². The van der Waals surface area contributed by atoms with Crippen molar-refractivity contribution in [1.82, 2.24) is 0 Å². The molecule has 0 aromatic heterocycles. The number of nitrogens with one attached hydrogen (secondary N) is 2. The van der Waals surface area contributed by atoms with Gasteiger partial charge >= 0.3 is 0 Å². The average molecular weight is 389 g/mol. The van der Waals surface area contributed by atoms with E-state index in [4.69, 9.17) is 0 Å². The van der Waals surface area contributed by atoms with E-state index in [1.165, 1.54) is 0 Å². The summed E-state index contributed by atoms with van der Waals surface area (Å²) in [6, 6.07) is 12.0. The van der Waals surface area contributed by atoms with Gasteiger partial charge in [0.15, 0.2) is 0 Å². The number of anilines is 2. The van der Waals surface area contributed by atoms with Crippen LogP contribution in [0.3, 0.4) is 0 Å². The first kappa shape index (κ1) is 19.4. The normalized spacial score (nSPS) is 24.6. The van der Waals surface area contributed by atoms with Crippen LogP contribution in [-0.4, -0.2) is 11.8 Å². The smallest absolute Gasteiger partial charge is 0.228 e. The van der Waals surface area contributed by atoms with Gasteiger partial charge < -0.3 is 10.6 Å². The summed E-state index contributed by atoms with van der Waals surface area (Å²) in [5, 5.41) is 6.16. The molecule has 2 aromatic carbocycles. The quantitative estimate of drug-likeness (QED) is 0.729.